The van der Waals surface area contributed by atoms with E-state index >= 15 is 0 Å². The molecule has 1 unspecified atom stereocenters. The van der Waals surface area contributed by atoms with E-state index in [0.29, 0.717) is 5.56 Å². The van der Waals surface area contributed by atoms with Crippen molar-refractivity contribution in [2.24, 2.45) is 0 Å². The Balaban J connectivity index is 1.97. The Hall–Kier alpha value is -2.68. The highest BCUT2D eigenvalue weighted by Crippen LogP contribution is 2.30. The third kappa shape index (κ3) is 4.90. The highest BCUT2D eigenvalue weighted by molar-refractivity contribution is 6.47. The van der Waals surface area contributed by atoms with E-state index in [1.807, 2.05) is 0 Å². The first kappa shape index (κ1) is 18.7. The Morgan fingerprint density at radius 1 is 1.28 bits per heavy atom. The predicted octanol–water partition coefficient (Wildman–Crippen LogP) is 0.153. The van der Waals surface area contributed by atoms with Crippen molar-refractivity contribution in [1.29, 1.82) is 0 Å². The molecular formula is C16H18BNO7. The van der Waals surface area contributed by atoms with Gasteiger partial charge in [0, 0.05) is 12.8 Å². The molecule has 1 atom stereocenters. The molecule has 0 spiro atoms. The van der Waals surface area contributed by atoms with Crippen LogP contribution < -0.4 is 9.97 Å². The van der Waals surface area contributed by atoms with Crippen molar-refractivity contribution in [3.63, 3.8) is 0 Å². The SMILES string of the molecule is CC(=O)CC(=O)CCC(=O)NC1Cc2cccc(C(=O)O)c2OB1O. The van der Waals surface area contributed by atoms with E-state index in [1.165, 1.54) is 13.0 Å². The van der Waals surface area contributed by atoms with Gasteiger partial charge in [-0.2, -0.15) is 0 Å². The molecular weight excluding hydrogens is 329 g/mol. The molecule has 1 amide bonds. The van der Waals surface area contributed by atoms with Gasteiger partial charge in [0.2, 0.25) is 5.91 Å². The number of carbonyl (C=O) groups excluding carboxylic acids is 3. The number of nitrogens with one attached hydrogen (secondary N) is 1. The predicted molar refractivity (Wildman–Crippen MR) is 87.2 cm³/mol. The molecule has 9 heteroatoms. The van der Waals surface area contributed by atoms with Crippen molar-refractivity contribution in [1.82, 2.24) is 5.32 Å². The van der Waals surface area contributed by atoms with Crippen molar-refractivity contribution < 1.29 is 34.0 Å². The highest BCUT2D eigenvalue weighted by atomic mass is 16.5. The van der Waals surface area contributed by atoms with Crippen LogP contribution in [-0.2, 0) is 20.8 Å². The molecule has 8 nitrogen and oxygen atoms in total. The quantitative estimate of drug-likeness (QED) is 0.473. The first-order valence-electron chi connectivity index (χ1n) is 7.78. The molecule has 0 saturated heterocycles. The first-order valence-corrected chi connectivity index (χ1v) is 7.78. The number of hydrogen-bond donors (Lipinski definition) is 3. The Kier molecular flexibility index (Phi) is 5.92. The number of hydrogen-bond acceptors (Lipinski definition) is 6. The van der Waals surface area contributed by atoms with E-state index < -0.39 is 24.9 Å². The summed E-state index contributed by atoms with van der Waals surface area (Å²) < 4.78 is 5.26. The van der Waals surface area contributed by atoms with E-state index in [1.54, 1.807) is 12.1 Å². The topological polar surface area (TPSA) is 130 Å². The Morgan fingerprint density at radius 3 is 2.64 bits per heavy atom. The lowest BCUT2D eigenvalue weighted by atomic mass is 9.72. The molecule has 2 rings (SSSR count). The molecule has 0 radical (unpaired) electrons. The summed E-state index contributed by atoms with van der Waals surface area (Å²) in [7, 11) is -1.40. The summed E-state index contributed by atoms with van der Waals surface area (Å²) in [6.07, 6.45) is -0.162. The number of fused-ring (bicyclic) bond motifs is 1. The number of para-hydroxylation sites is 1. The molecule has 25 heavy (non-hydrogen) atoms. The average molecular weight is 347 g/mol. The van der Waals surface area contributed by atoms with Crippen LogP contribution in [0.4, 0.5) is 0 Å². The maximum atomic E-state index is 11.9. The second kappa shape index (κ2) is 7.93. The van der Waals surface area contributed by atoms with Gasteiger partial charge in [0.25, 0.3) is 0 Å². The first-order chi connectivity index (χ1) is 11.8. The molecule has 0 fully saturated rings. The fourth-order valence-corrected chi connectivity index (χ4v) is 2.61. The van der Waals surface area contributed by atoms with Gasteiger partial charge >= 0.3 is 13.1 Å². The zero-order chi connectivity index (χ0) is 18.6. The minimum atomic E-state index is -1.40. The number of ketones is 2. The summed E-state index contributed by atoms with van der Waals surface area (Å²) in [5.41, 5.74) is 0.499. The monoisotopic (exact) mass is 347 g/mol. The molecule has 1 aromatic rings. The highest BCUT2D eigenvalue weighted by Gasteiger charge is 2.37. The largest absolute Gasteiger partial charge is 0.547 e. The number of amides is 1. The van der Waals surface area contributed by atoms with Crippen molar-refractivity contribution in [3.05, 3.63) is 29.3 Å². The number of carbonyl (C=O) groups is 4. The lowest BCUT2D eigenvalue weighted by Crippen LogP contribution is -2.53. The number of aromatic carboxylic acids is 1. The Labute approximate surface area is 144 Å². The fraction of sp³-hybridized carbons (Fsp3) is 0.375. The summed E-state index contributed by atoms with van der Waals surface area (Å²) in [5.74, 6) is -2.87. The van der Waals surface area contributed by atoms with Gasteiger partial charge in [0.1, 0.15) is 17.3 Å². The standard InChI is InChI=1S/C16H18BNO7/c1-9(19)7-11(20)5-6-14(21)18-13-8-10-3-2-4-12(16(22)23)15(10)25-17(13)24/h2-4,13,24H,5-8H2,1H3,(H,18,21)(H,22,23). The fourth-order valence-electron chi connectivity index (χ4n) is 2.61. The molecule has 1 heterocycles. The van der Waals surface area contributed by atoms with Gasteiger partial charge < -0.3 is 20.1 Å². The van der Waals surface area contributed by atoms with Gasteiger partial charge in [0.05, 0.1) is 17.9 Å². The summed E-state index contributed by atoms with van der Waals surface area (Å²) in [6.45, 7) is 1.30. The lowest BCUT2D eigenvalue weighted by Gasteiger charge is -2.28. The van der Waals surface area contributed by atoms with Crippen LogP contribution in [-0.4, -0.2) is 46.6 Å². The molecule has 0 saturated carbocycles. The molecule has 132 valence electrons. The van der Waals surface area contributed by atoms with Gasteiger partial charge in [-0.1, -0.05) is 12.1 Å². The molecule has 0 aliphatic carbocycles. The third-order valence-corrected chi connectivity index (χ3v) is 3.77. The zero-order valence-electron chi connectivity index (χ0n) is 13.7. The van der Waals surface area contributed by atoms with E-state index in [2.05, 4.69) is 5.32 Å². The number of Topliss-reactive ketones (excluding diaryl/α,β-unsaturated/α-hetero) is 2. The normalized spacial score (nSPS) is 15.8. The van der Waals surface area contributed by atoms with Crippen LogP contribution in [0.1, 0.15) is 42.1 Å². The van der Waals surface area contributed by atoms with E-state index in [4.69, 9.17) is 9.76 Å². The van der Waals surface area contributed by atoms with E-state index in [0.717, 1.165) is 0 Å². The summed E-state index contributed by atoms with van der Waals surface area (Å²) in [5, 5.41) is 21.7. The van der Waals surface area contributed by atoms with Crippen LogP contribution in [0.5, 0.6) is 5.75 Å². The Bertz CT molecular complexity index is 718. The van der Waals surface area contributed by atoms with Gasteiger partial charge in [-0.15, -0.1) is 0 Å². The van der Waals surface area contributed by atoms with Crippen LogP contribution in [0.3, 0.4) is 0 Å². The third-order valence-electron chi connectivity index (χ3n) is 3.77. The molecule has 1 aliphatic rings. The van der Waals surface area contributed by atoms with Crippen LogP contribution in [0.2, 0.25) is 0 Å². The van der Waals surface area contributed by atoms with Crippen molar-refractivity contribution in [2.45, 2.75) is 38.5 Å². The molecule has 1 aliphatic heterocycles. The van der Waals surface area contributed by atoms with Crippen LogP contribution >= 0.6 is 0 Å². The van der Waals surface area contributed by atoms with Gasteiger partial charge in [-0.25, -0.2) is 4.79 Å². The molecule has 3 N–H and O–H groups in total. The zero-order valence-corrected chi connectivity index (χ0v) is 13.7. The number of rotatable bonds is 7. The minimum Gasteiger partial charge on any atom is -0.534 e. The maximum absolute atomic E-state index is 11.9. The summed E-state index contributed by atoms with van der Waals surface area (Å²) in [4.78, 5) is 45.4. The maximum Gasteiger partial charge on any atom is 0.547 e. The molecule has 0 bridgehead atoms. The summed E-state index contributed by atoms with van der Waals surface area (Å²) >= 11 is 0. The van der Waals surface area contributed by atoms with Crippen molar-refractivity contribution >= 4 is 30.6 Å². The second-order valence-electron chi connectivity index (χ2n) is 5.90. The minimum absolute atomic E-state index is 0.0591. The smallest absolute Gasteiger partial charge is 0.534 e. The van der Waals surface area contributed by atoms with Gasteiger partial charge in [-0.05, 0) is 25.0 Å². The molecule has 0 aromatic heterocycles. The van der Waals surface area contributed by atoms with E-state index in [9.17, 15) is 24.2 Å². The van der Waals surface area contributed by atoms with E-state index in [-0.39, 0.29) is 48.6 Å². The van der Waals surface area contributed by atoms with Crippen molar-refractivity contribution in [2.75, 3.05) is 0 Å². The van der Waals surface area contributed by atoms with Gasteiger partial charge in [0.15, 0.2) is 0 Å². The van der Waals surface area contributed by atoms with Crippen molar-refractivity contribution in [3.8, 4) is 5.75 Å². The number of carboxylic acids is 1. The summed E-state index contributed by atoms with van der Waals surface area (Å²) in [6, 6.07) is 4.58. The van der Waals surface area contributed by atoms with Crippen LogP contribution in [0.25, 0.3) is 0 Å². The number of carboxylic acid groups (broad SMARTS) is 1. The number of benzene rings is 1. The average Bonchev–Trinajstić information content (AvgIpc) is 2.52. The second-order valence-corrected chi connectivity index (χ2v) is 5.90. The molecule has 1 aromatic carbocycles. The van der Waals surface area contributed by atoms with Crippen LogP contribution in [0.15, 0.2) is 18.2 Å². The van der Waals surface area contributed by atoms with Crippen LogP contribution in [0, 0.1) is 0 Å². The Morgan fingerprint density at radius 2 is 2.00 bits per heavy atom. The lowest BCUT2D eigenvalue weighted by molar-refractivity contribution is -0.128. The van der Waals surface area contributed by atoms with Gasteiger partial charge in [-0.3, -0.25) is 14.4 Å².